The van der Waals surface area contributed by atoms with Crippen molar-refractivity contribution in [3.05, 3.63) is 29.6 Å². The summed E-state index contributed by atoms with van der Waals surface area (Å²) in [7, 11) is 7.29. The van der Waals surface area contributed by atoms with Crippen LogP contribution in [0.15, 0.2) is 18.2 Å². The lowest BCUT2D eigenvalue weighted by molar-refractivity contribution is 0.263. The number of rotatable bonds is 0. The van der Waals surface area contributed by atoms with Gasteiger partial charge in [0.15, 0.2) is 0 Å². The summed E-state index contributed by atoms with van der Waals surface area (Å²) in [5.41, 5.74) is 1.03. The van der Waals surface area contributed by atoms with E-state index in [0.717, 1.165) is 30.1 Å². The highest BCUT2D eigenvalue weighted by molar-refractivity contribution is 9.26. The molecule has 86 valence electrons. The fraction of sp³-hybridized carbons (Fsp3) is 0.400. The lowest BCUT2D eigenvalue weighted by Crippen LogP contribution is -2.32. The normalized spacial score (nSPS) is 28.6. The molecule has 2 heterocycles. The zero-order valence-corrected chi connectivity index (χ0v) is 11.5. The Bertz CT molecular complexity index is 406. The van der Waals surface area contributed by atoms with Crippen LogP contribution >= 0.6 is 41.2 Å². The minimum Gasteiger partial charge on any atom is -0.493 e. The van der Waals surface area contributed by atoms with Crippen LogP contribution in [0.2, 0.25) is 0 Å². The van der Waals surface area contributed by atoms with Crippen LogP contribution in [-0.4, -0.2) is 12.4 Å². The average Bonchev–Trinajstić information content (AvgIpc) is 2.32. The Labute approximate surface area is 109 Å². The van der Waals surface area contributed by atoms with Crippen LogP contribution in [-0.2, 0) is 4.75 Å². The largest absolute Gasteiger partial charge is 0.493 e. The lowest BCUT2D eigenvalue weighted by Gasteiger charge is -2.39. The number of ether oxygens (including phenoxy) is 1. The summed E-state index contributed by atoms with van der Waals surface area (Å²) in [6.45, 7) is 0.734. The molecular weight excluding hydrogens is 283 g/mol. The highest BCUT2D eigenvalue weighted by Gasteiger charge is 2.41. The SMILES string of the molecule is Fc1ccc2c(c1)C1(CCO2)CSSSS1. The van der Waals surface area contributed by atoms with Crippen LogP contribution in [0.3, 0.4) is 0 Å². The first-order valence-corrected chi connectivity index (χ1v) is 9.86. The van der Waals surface area contributed by atoms with Crippen molar-refractivity contribution >= 4 is 41.2 Å². The van der Waals surface area contributed by atoms with Crippen LogP contribution in [0.25, 0.3) is 0 Å². The first-order valence-electron chi connectivity index (χ1n) is 4.87. The third kappa shape index (κ3) is 1.94. The summed E-state index contributed by atoms with van der Waals surface area (Å²) in [5, 5.41) is 0. The molecule has 3 rings (SSSR count). The van der Waals surface area contributed by atoms with Gasteiger partial charge in [-0.05, 0) is 37.9 Å². The second-order valence-corrected chi connectivity index (χ2v) is 9.93. The molecule has 1 aromatic rings. The van der Waals surface area contributed by atoms with Gasteiger partial charge in [-0.1, -0.05) is 21.6 Å². The van der Waals surface area contributed by atoms with E-state index in [1.54, 1.807) is 31.8 Å². The molecule has 0 bridgehead atoms. The summed E-state index contributed by atoms with van der Waals surface area (Å²) >= 11 is 0. The third-order valence-corrected chi connectivity index (χ3v) is 10.1. The molecule has 0 radical (unpaired) electrons. The summed E-state index contributed by atoms with van der Waals surface area (Å²) in [6.07, 6.45) is 0.967. The number of hydrogen-bond acceptors (Lipinski definition) is 5. The molecule has 1 unspecified atom stereocenters. The van der Waals surface area contributed by atoms with Crippen molar-refractivity contribution in [2.45, 2.75) is 11.2 Å². The van der Waals surface area contributed by atoms with Gasteiger partial charge in [-0.2, -0.15) is 0 Å². The topological polar surface area (TPSA) is 9.23 Å². The summed E-state index contributed by atoms with van der Waals surface area (Å²) < 4.78 is 19.0. The monoisotopic (exact) mass is 292 g/mol. The molecule has 1 nitrogen and oxygen atoms in total. The van der Waals surface area contributed by atoms with E-state index in [4.69, 9.17) is 4.74 Å². The molecule has 1 atom stereocenters. The smallest absolute Gasteiger partial charge is 0.124 e. The number of hydrogen-bond donors (Lipinski definition) is 0. The molecule has 6 heteroatoms. The fourth-order valence-electron chi connectivity index (χ4n) is 1.92. The van der Waals surface area contributed by atoms with E-state index in [1.807, 2.05) is 21.6 Å². The Hall–Kier alpha value is 0.350. The van der Waals surface area contributed by atoms with Crippen molar-refractivity contribution < 1.29 is 9.13 Å². The summed E-state index contributed by atoms with van der Waals surface area (Å²) in [6, 6.07) is 4.86. The van der Waals surface area contributed by atoms with Gasteiger partial charge in [0.2, 0.25) is 0 Å². The molecule has 1 spiro atoms. The molecular formula is C10H9FOS4. The number of fused-ring (bicyclic) bond motifs is 2. The molecule has 1 aromatic carbocycles. The highest BCUT2D eigenvalue weighted by Crippen LogP contribution is 2.63. The maximum Gasteiger partial charge on any atom is 0.124 e. The van der Waals surface area contributed by atoms with E-state index >= 15 is 0 Å². The van der Waals surface area contributed by atoms with Gasteiger partial charge in [0.1, 0.15) is 11.6 Å². The third-order valence-electron chi connectivity index (χ3n) is 2.76. The lowest BCUT2D eigenvalue weighted by atomic mass is 9.93. The van der Waals surface area contributed by atoms with Gasteiger partial charge in [0, 0.05) is 17.7 Å². The van der Waals surface area contributed by atoms with E-state index in [1.165, 1.54) is 6.07 Å². The van der Waals surface area contributed by atoms with Gasteiger partial charge in [-0.3, -0.25) is 0 Å². The van der Waals surface area contributed by atoms with Crippen LogP contribution in [0.5, 0.6) is 5.75 Å². The molecule has 1 saturated heterocycles. The Balaban J connectivity index is 2.06. The maximum atomic E-state index is 13.3. The molecule has 0 N–H and O–H groups in total. The molecule has 0 amide bonds. The summed E-state index contributed by atoms with van der Waals surface area (Å²) in [4.78, 5) is 0. The Morgan fingerprint density at radius 3 is 3.06 bits per heavy atom. The zero-order chi connectivity index (χ0) is 11.0. The van der Waals surface area contributed by atoms with Crippen LogP contribution in [0.1, 0.15) is 12.0 Å². The molecule has 0 aromatic heterocycles. The standard InChI is InChI=1S/C10H9FOS4/c11-7-1-2-9-8(5-7)10(3-4-12-9)6-13-15-16-14-10/h1-2,5H,3-4,6H2. The van der Waals surface area contributed by atoms with Crippen molar-refractivity contribution in [3.63, 3.8) is 0 Å². The van der Waals surface area contributed by atoms with Gasteiger partial charge in [-0.25, -0.2) is 4.39 Å². The quantitative estimate of drug-likeness (QED) is 0.649. The maximum absolute atomic E-state index is 13.3. The van der Waals surface area contributed by atoms with E-state index < -0.39 is 0 Å². The molecule has 0 saturated carbocycles. The van der Waals surface area contributed by atoms with E-state index in [2.05, 4.69) is 0 Å². The first-order chi connectivity index (χ1) is 7.80. The Morgan fingerprint density at radius 1 is 1.31 bits per heavy atom. The second-order valence-electron chi connectivity index (χ2n) is 3.71. The number of halogens is 1. The van der Waals surface area contributed by atoms with Gasteiger partial charge in [0.05, 0.1) is 11.4 Å². The molecule has 1 fully saturated rings. The molecule has 2 aliphatic rings. The van der Waals surface area contributed by atoms with E-state index in [-0.39, 0.29) is 10.6 Å². The van der Waals surface area contributed by atoms with Gasteiger partial charge in [-0.15, -0.1) is 0 Å². The van der Waals surface area contributed by atoms with Crippen molar-refractivity contribution in [3.8, 4) is 5.75 Å². The second kappa shape index (κ2) is 4.55. The average molecular weight is 292 g/mol. The number of benzene rings is 1. The van der Waals surface area contributed by atoms with E-state index in [9.17, 15) is 4.39 Å². The van der Waals surface area contributed by atoms with Crippen LogP contribution < -0.4 is 4.74 Å². The zero-order valence-electron chi connectivity index (χ0n) is 8.27. The van der Waals surface area contributed by atoms with Gasteiger partial charge >= 0.3 is 0 Å². The molecule has 0 aliphatic carbocycles. The highest BCUT2D eigenvalue weighted by atomic mass is 33.7. The first kappa shape index (κ1) is 11.4. The van der Waals surface area contributed by atoms with Crippen molar-refractivity contribution in [1.29, 1.82) is 0 Å². The molecule has 16 heavy (non-hydrogen) atoms. The Kier molecular flexibility index (Phi) is 3.26. The molecule has 2 aliphatic heterocycles. The van der Waals surface area contributed by atoms with Gasteiger partial charge in [0.25, 0.3) is 0 Å². The Morgan fingerprint density at radius 2 is 2.25 bits per heavy atom. The minimum atomic E-state index is -0.169. The van der Waals surface area contributed by atoms with Crippen LogP contribution in [0.4, 0.5) is 4.39 Å². The van der Waals surface area contributed by atoms with Crippen molar-refractivity contribution in [1.82, 2.24) is 0 Å². The minimum absolute atomic E-state index is 0.0380. The van der Waals surface area contributed by atoms with Gasteiger partial charge < -0.3 is 4.74 Å². The summed E-state index contributed by atoms with van der Waals surface area (Å²) in [5.74, 6) is 1.71. The van der Waals surface area contributed by atoms with E-state index in [0.29, 0.717) is 0 Å². The van der Waals surface area contributed by atoms with Crippen molar-refractivity contribution in [2.75, 3.05) is 12.4 Å². The fourth-order valence-corrected chi connectivity index (χ4v) is 9.98. The van der Waals surface area contributed by atoms with Crippen molar-refractivity contribution in [2.24, 2.45) is 0 Å². The predicted molar refractivity (Wildman–Crippen MR) is 73.4 cm³/mol. The van der Waals surface area contributed by atoms with Crippen LogP contribution in [0, 0.1) is 5.82 Å². The predicted octanol–water partition coefficient (Wildman–Crippen LogP) is 4.49.